The van der Waals surface area contributed by atoms with Crippen LogP contribution in [0.2, 0.25) is 0 Å². The van der Waals surface area contributed by atoms with Crippen LogP contribution in [-0.4, -0.2) is 13.2 Å². The predicted molar refractivity (Wildman–Crippen MR) is 166 cm³/mol. The maximum atomic E-state index is 9.87. The quantitative estimate of drug-likeness (QED) is 0.0836. The molecule has 4 rings (SSSR count). The second kappa shape index (κ2) is 15.4. The van der Waals surface area contributed by atoms with Gasteiger partial charge < -0.3 is 24.3 Å². The Bertz CT molecular complexity index is 1480. The average Bonchev–Trinajstić information content (AvgIpc) is 3.01. The van der Waals surface area contributed by atoms with E-state index in [1.807, 2.05) is 72.8 Å². The van der Waals surface area contributed by atoms with Gasteiger partial charge in [0.2, 0.25) is 0 Å². The van der Waals surface area contributed by atoms with Gasteiger partial charge in [-0.25, -0.2) is 0 Å². The number of quaternary nitrogens is 1. The number of hydrogen-bond acceptors (Lipinski definition) is 4. The number of ether oxygens (including phenoxy) is 4. The summed E-state index contributed by atoms with van der Waals surface area (Å²) in [5.74, 6) is 8.12. The molecule has 4 aromatic carbocycles. The van der Waals surface area contributed by atoms with Gasteiger partial charge in [-0.3, -0.25) is 0 Å². The van der Waals surface area contributed by atoms with E-state index >= 15 is 0 Å². The predicted octanol–water partition coefficient (Wildman–Crippen LogP) is 8.51. The summed E-state index contributed by atoms with van der Waals surface area (Å²) in [4.78, 5) is 0. The van der Waals surface area contributed by atoms with Gasteiger partial charge in [-0.15, -0.1) is 12.8 Å². The summed E-state index contributed by atoms with van der Waals surface area (Å²) in [6.07, 6.45) is 10.4. The minimum atomic E-state index is -10.7. The summed E-state index contributed by atoms with van der Waals surface area (Å²) in [6.45, 7) is 3.30. The summed E-state index contributed by atoms with van der Waals surface area (Å²) in [5, 5.41) is 2.28. The molecule has 0 spiro atoms. The number of rotatable bonds is 14. The van der Waals surface area contributed by atoms with Gasteiger partial charge in [0.15, 0.2) is 0 Å². The number of nitrogens with two attached hydrogens (primary N) is 1. The van der Waals surface area contributed by atoms with Crippen molar-refractivity contribution in [3.8, 4) is 47.7 Å². The minimum absolute atomic E-state index is 0.267. The van der Waals surface area contributed by atoms with Crippen LogP contribution >= 0.6 is 7.81 Å². The second-order valence-corrected chi connectivity index (χ2v) is 11.7. The normalized spacial score (nSPS) is 12.2. The van der Waals surface area contributed by atoms with E-state index in [2.05, 4.69) is 41.4 Å². The molecule has 0 amide bonds. The topological polar surface area (TPSA) is 53.5 Å². The molecule has 0 aliphatic rings. The van der Waals surface area contributed by atoms with Gasteiger partial charge in [0.1, 0.15) is 62.5 Å². The zero-order valence-corrected chi connectivity index (χ0v) is 25.5. The van der Waals surface area contributed by atoms with E-state index in [0.717, 1.165) is 47.2 Å². The SMILES string of the molecule is C#CCOc1ccc(COc2ccc(C[NH2+]Cc3ccc(OCc4ccc(OCC#C)cc4)cc3)cc2)cc1.F[P-](F)(F)(F)(F)F. The van der Waals surface area contributed by atoms with E-state index in [1.54, 1.807) is 0 Å². The second-order valence-electron chi connectivity index (χ2n) is 9.79. The van der Waals surface area contributed by atoms with Crippen LogP contribution in [-0.2, 0) is 26.3 Å². The maximum absolute atomic E-state index is 10.7. The Labute approximate surface area is 263 Å². The van der Waals surface area contributed by atoms with E-state index in [9.17, 15) is 25.2 Å². The van der Waals surface area contributed by atoms with E-state index in [4.69, 9.17) is 31.8 Å². The first-order valence-electron chi connectivity index (χ1n) is 13.8. The summed E-state index contributed by atoms with van der Waals surface area (Å²) in [7, 11) is -10.7. The molecule has 0 aliphatic heterocycles. The molecule has 0 saturated heterocycles. The first-order chi connectivity index (χ1) is 21.7. The van der Waals surface area contributed by atoms with Gasteiger partial charge in [-0.1, -0.05) is 36.1 Å². The molecule has 244 valence electrons. The van der Waals surface area contributed by atoms with Crippen molar-refractivity contribution in [2.75, 3.05) is 13.2 Å². The van der Waals surface area contributed by atoms with Crippen molar-refractivity contribution in [1.29, 1.82) is 0 Å². The third-order valence-electron chi connectivity index (χ3n) is 5.91. The zero-order valence-electron chi connectivity index (χ0n) is 24.6. The Morgan fingerprint density at radius 1 is 0.457 bits per heavy atom. The Morgan fingerprint density at radius 3 is 1.00 bits per heavy atom. The van der Waals surface area contributed by atoms with Gasteiger partial charge in [0.25, 0.3) is 0 Å². The molecule has 0 fully saturated rings. The number of halogens is 6. The third kappa shape index (κ3) is 16.3. The van der Waals surface area contributed by atoms with Crippen LogP contribution in [0.4, 0.5) is 25.2 Å². The molecule has 0 heterocycles. The summed E-state index contributed by atoms with van der Waals surface area (Å²) >= 11 is 0. The molecule has 46 heavy (non-hydrogen) atoms. The van der Waals surface area contributed by atoms with Crippen molar-refractivity contribution in [2.45, 2.75) is 26.3 Å². The molecule has 0 unspecified atom stereocenters. The number of benzene rings is 4. The summed E-state index contributed by atoms with van der Waals surface area (Å²) in [5.41, 5.74) is 4.62. The molecular weight excluding hydrogens is 631 g/mol. The Morgan fingerprint density at radius 2 is 0.717 bits per heavy atom. The Kier molecular flexibility index (Phi) is 12.0. The molecule has 4 aromatic rings. The van der Waals surface area contributed by atoms with Crippen LogP contribution in [0.1, 0.15) is 22.3 Å². The molecule has 0 aliphatic carbocycles. The molecule has 2 N–H and O–H groups in total. The van der Waals surface area contributed by atoms with Crippen LogP contribution in [0.5, 0.6) is 23.0 Å². The summed E-state index contributed by atoms with van der Waals surface area (Å²) in [6, 6.07) is 32.0. The van der Waals surface area contributed by atoms with Crippen molar-refractivity contribution in [3.05, 3.63) is 119 Å². The molecule has 0 atom stereocenters. The van der Waals surface area contributed by atoms with Crippen LogP contribution in [0.25, 0.3) is 0 Å². The van der Waals surface area contributed by atoms with Crippen molar-refractivity contribution < 1.29 is 49.4 Å². The molecule has 12 heteroatoms. The number of terminal acetylenes is 2. The van der Waals surface area contributed by atoms with E-state index in [0.29, 0.717) is 13.2 Å². The fraction of sp³-hybridized carbons (Fsp3) is 0.176. The molecule has 0 radical (unpaired) electrons. The van der Waals surface area contributed by atoms with Gasteiger partial charge in [0, 0.05) is 11.1 Å². The van der Waals surface area contributed by atoms with Crippen molar-refractivity contribution in [2.24, 2.45) is 0 Å². The monoisotopic (exact) mass is 663 g/mol. The average molecular weight is 664 g/mol. The fourth-order valence-corrected chi connectivity index (χ4v) is 3.80. The van der Waals surface area contributed by atoms with Gasteiger partial charge in [0.05, 0.1) is 0 Å². The molecule has 0 aromatic heterocycles. The molecule has 0 bridgehead atoms. The van der Waals surface area contributed by atoms with Crippen LogP contribution < -0.4 is 24.3 Å². The van der Waals surface area contributed by atoms with Crippen molar-refractivity contribution in [3.63, 3.8) is 0 Å². The Balaban J connectivity index is 0.000000738. The zero-order chi connectivity index (χ0) is 33.5. The fourth-order valence-electron chi connectivity index (χ4n) is 3.80. The van der Waals surface area contributed by atoms with Gasteiger partial charge in [-0.2, -0.15) is 0 Å². The Hall–Kier alpha value is -4.83. The first kappa shape index (κ1) is 35.6. The van der Waals surface area contributed by atoms with Gasteiger partial charge in [-0.05, 0) is 83.9 Å². The standard InChI is InChI=1S/C34H31NO4.F6P/c1-3-21-36-31-17-9-29(10-18-31)25-38-33-13-5-27(6-14-33)23-35-24-28-7-15-34(16-8-28)39-26-30-11-19-32(20-12-30)37-22-4-2;1-7(2,3,4,5)6/h1-2,5-20,35H,21-26H2;/q;-1/p+1. The van der Waals surface area contributed by atoms with Crippen LogP contribution in [0.15, 0.2) is 97.1 Å². The third-order valence-corrected chi connectivity index (χ3v) is 5.91. The van der Waals surface area contributed by atoms with E-state index in [-0.39, 0.29) is 13.2 Å². The van der Waals surface area contributed by atoms with Crippen LogP contribution in [0.3, 0.4) is 0 Å². The van der Waals surface area contributed by atoms with Crippen LogP contribution in [0, 0.1) is 24.7 Å². The summed E-state index contributed by atoms with van der Waals surface area (Å²) < 4.78 is 81.8. The molecular formula is C34H32F6NO4P. The molecule has 0 saturated carbocycles. The van der Waals surface area contributed by atoms with E-state index < -0.39 is 7.81 Å². The van der Waals surface area contributed by atoms with Crippen molar-refractivity contribution >= 4 is 7.81 Å². The first-order valence-corrected chi connectivity index (χ1v) is 15.8. The van der Waals surface area contributed by atoms with E-state index in [1.165, 1.54) is 11.1 Å². The van der Waals surface area contributed by atoms with Crippen molar-refractivity contribution in [1.82, 2.24) is 0 Å². The number of hydrogen-bond donors (Lipinski definition) is 1. The van der Waals surface area contributed by atoms with Gasteiger partial charge >= 0.3 is 33.0 Å². The molecule has 5 nitrogen and oxygen atoms in total.